The third-order valence-corrected chi connectivity index (χ3v) is 14.0. The summed E-state index contributed by atoms with van der Waals surface area (Å²) in [7, 11) is 0. The lowest BCUT2D eigenvalue weighted by atomic mass is 10.00. The van der Waals surface area contributed by atoms with Gasteiger partial charge in [-0.2, -0.15) is 0 Å². The molecule has 0 unspecified atom stereocenters. The van der Waals surface area contributed by atoms with Crippen molar-refractivity contribution in [2.45, 2.75) is 160 Å². The van der Waals surface area contributed by atoms with E-state index in [0.717, 1.165) is 12.5 Å². The van der Waals surface area contributed by atoms with Gasteiger partial charge >= 0.3 is 11.9 Å². The number of carboxylic acid groups (broad SMARTS) is 2. The highest BCUT2D eigenvalue weighted by atomic mass is 16.4. The third-order valence-electron chi connectivity index (χ3n) is 14.0. The Labute approximate surface area is 493 Å². The number of rotatable bonds is 31. The SMILES string of the molecule is CC(C)[C@H](NC(=O)[C@H](CC(=O)O)NC(=O)[C@@H](NC(=O)[C@@H]1CCCN1C(=O)[C@@H](NC(=O)[C@@H](N)Cc1ccccc1)C(C)C)[C@@H](C)O)C(=O)NCC(=O)NC(C)(C)C(=O)N[C@@H](Cc1ccccc1)C(=O)N[C@@H](C)C(=O)N[C@@H](Cc1ccccc1)C(=O)O. The number of likely N-dealkylation sites (tertiary alicyclic amines) is 1. The van der Waals surface area contributed by atoms with Crippen LogP contribution in [0, 0.1) is 11.8 Å². The normalized spacial score (nSPS) is 16.3. The van der Waals surface area contributed by atoms with Gasteiger partial charge in [0.1, 0.15) is 53.9 Å². The molecule has 10 amide bonds. The lowest BCUT2D eigenvalue weighted by Crippen LogP contribution is -2.62. The molecule has 1 fully saturated rings. The van der Waals surface area contributed by atoms with Gasteiger partial charge in [-0.25, -0.2) is 4.79 Å². The first-order valence-electron chi connectivity index (χ1n) is 28.0. The quantitative estimate of drug-likeness (QED) is 0.0356. The van der Waals surface area contributed by atoms with Gasteiger partial charge in [-0.15, -0.1) is 0 Å². The summed E-state index contributed by atoms with van der Waals surface area (Å²) in [6.07, 6.45) is -2.06. The largest absolute Gasteiger partial charge is 0.481 e. The number of nitrogens with one attached hydrogen (secondary N) is 9. The van der Waals surface area contributed by atoms with Crippen molar-refractivity contribution in [2.75, 3.05) is 13.1 Å². The summed E-state index contributed by atoms with van der Waals surface area (Å²) in [6, 6.07) is 13.9. The van der Waals surface area contributed by atoms with E-state index in [4.69, 9.17) is 5.73 Å². The van der Waals surface area contributed by atoms with Crippen LogP contribution in [0.25, 0.3) is 0 Å². The van der Waals surface area contributed by atoms with E-state index in [1.165, 1.54) is 39.5 Å². The number of nitrogens with zero attached hydrogens (tertiary/aromatic N) is 1. The van der Waals surface area contributed by atoms with E-state index in [1.807, 2.05) is 18.2 Å². The minimum absolute atomic E-state index is 0.0318. The number of benzene rings is 3. The van der Waals surface area contributed by atoms with Crippen LogP contribution < -0.4 is 53.6 Å². The molecule has 0 saturated carbocycles. The van der Waals surface area contributed by atoms with Crippen LogP contribution in [-0.4, -0.2) is 170 Å². The summed E-state index contributed by atoms with van der Waals surface area (Å²) < 4.78 is 0. The van der Waals surface area contributed by atoms with Crippen LogP contribution in [0.3, 0.4) is 0 Å². The van der Waals surface area contributed by atoms with Gasteiger partial charge in [0, 0.05) is 19.4 Å². The zero-order valence-electron chi connectivity index (χ0n) is 49.0. The van der Waals surface area contributed by atoms with Crippen LogP contribution >= 0.6 is 0 Å². The molecule has 1 saturated heterocycles. The molecule has 0 aromatic heterocycles. The van der Waals surface area contributed by atoms with Crippen molar-refractivity contribution >= 4 is 71.0 Å². The third kappa shape index (κ3) is 21.4. The Morgan fingerprint density at radius 3 is 1.56 bits per heavy atom. The molecule has 26 heteroatoms. The van der Waals surface area contributed by atoms with Crippen LogP contribution in [0.15, 0.2) is 91.0 Å². The van der Waals surface area contributed by atoms with E-state index >= 15 is 0 Å². The lowest BCUT2D eigenvalue weighted by molar-refractivity contribution is -0.144. The van der Waals surface area contributed by atoms with E-state index < -0.39 is 162 Å². The van der Waals surface area contributed by atoms with Gasteiger partial charge in [-0.1, -0.05) is 119 Å². The summed E-state index contributed by atoms with van der Waals surface area (Å²) in [6.45, 7) is 10.9. The first kappa shape index (κ1) is 68.7. The molecular formula is C59H81N11O15. The number of hydrogen-bond donors (Lipinski definition) is 13. The van der Waals surface area contributed by atoms with Crippen molar-refractivity contribution in [3.8, 4) is 0 Å². The zero-order chi connectivity index (χ0) is 63.3. The molecule has 1 aliphatic heterocycles. The maximum Gasteiger partial charge on any atom is 0.326 e. The molecule has 4 rings (SSSR count). The second kappa shape index (κ2) is 32.3. The van der Waals surface area contributed by atoms with Gasteiger partial charge in [0.2, 0.25) is 59.1 Å². The molecule has 0 aliphatic carbocycles. The number of hydrogen-bond acceptors (Lipinski definition) is 14. The Morgan fingerprint density at radius 1 is 0.565 bits per heavy atom. The molecule has 1 aliphatic rings. The molecule has 462 valence electrons. The predicted molar refractivity (Wildman–Crippen MR) is 309 cm³/mol. The van der Waals surface area contributed by atoms with Gasteiger partial charge in [-0.3, -0.25) is 52.7 Å². The van der Waals surface area contributed by atoms with Gasteiger partial charge in [0.15, 0.2) is 0 Å². The first-order valence-corrected chi connectivity index (χ1v) is 28.0. The second-order valence-electron chi connectivity index (χ2n) is 22.3. The molecule has 14 N–H and O–H groups in total. The van der Waals surface area contributed by atoms with Crippen LogP contribution in [0.4, 0.5) is 0 Å². The number of nitrogens with two attached hydrogens (primary N) is 1. The van der Waals surface area contributed by atoms with Crippen LogP contribution in [0.1, 0.15) is 91.3 Å². The number of aliphatic hydroxyl groups is 1. The van der Waals surface area contributed by atoms with Crippen molar-refractivity contribution in [1.82, 2.24) is 52.8 Å². The molecule has 0 radical (unpaired) electrons. The molecule has 1 heterocycles. The fourth-order valence-electron chi connectivity index (χ4n) is 9.16. The number of aliphatic carboxylic acids is 2. The minimum Gasteiger partial charge on any atom is -0.481 e. The maximum atomic E-state index is 14.0. The summed E-state index contributed by atoms with van der Waals surface area (Å²) >= 11 is 0. The fraction of sp³-hybridized carbons (Fsp3) is 0.492. The number of carboxylic acids is 2. The molecule has 3 aromatic carbocycles. The molecule has 3 aromatic rings. The number of carbonyl (C=O) groups excluding carboxylic acids is 10. The lowest BCUT2D eigenvalue weighted by Gasteiger charge is -2.32. The van der Waals surface area contributed by atoms with E-state index in [1.54, 1.807) is 86.6 Å². The van der Waals surface area contributed by atoms with E-state index in [-0.39, 0.29) is 32.2 Å². The number of aliphatic hydroxyl groups excluding tert-OH is 1. The highest BCUT2D eigenvalue weighted by Gasteiger charge is 2.42. The Kier molecular flexibility index (Phi) is 26.1. The van der Waals surface area contributed by atoms with Gasteiger partial charge in [0.25, 0.3) is 0 Å². The van der Waals surface area contributed by atoms with Crippen LogP contribution in [-0.2, 0) is 76.8 Å². The van der Waals surface area contributed by atoms with Gasteiger partial charge in [-0.05, 0) is 75.5 Å². The zero-order valence-corrected chi connectivity index (χ0v) is 49.0. The van der Waals surface area contributed by atoms with Crippen LogP contribution in [0.2, 0.25) is 0 Å². The van der Waals surface area contributed by atoms with Gasteiger partial charge < -0.3 is 73.8 Å². The van der Waals surface area contributed by atoms with Crippen molar-refractivity contribution in [2.24, 2.45) is 17.6 Å². The van der Waals surface area contributed by atoms with Crippen molar-refractivity contribution in [3.63, 3.8) is 0 Å². The monoisotopic (exact) mass is 1180 g/mol. The number of amides is 10. The Hall–Kier alpha value is -8.78. The van der Waals surface area contributed by atoms with Crippen molar-refractivity contribution < 1.29 is 72.9 Å². The fourth-order valence-corrected chi connectivity index (χ4v) is 9.16. The molecular weight excluding hydrogens is 1100 g/mol. The van der Waals surface area contributed by atoms with Crippen molar-refractivity contribution in [3.05, 3.63) is 108 Å². The smallest absolute Gasteiger partial charge is 0.326 e. The standard InChI is InChI=1S/C59H81N11O15/c1-32(2)46(54(80)61-31-44(72)69-59(7,8)58(85)65-40(28-37-21-14-10-15-22-37)51(77)62-34(5)49(75)64-42(57(83)84)29-38-23-16-11-17-24-38)66-52(78)41(30-45(73)74)63-55(81)48(35(6)71)68-53(79)43-25-18-26-70(43)56(82)47(33(3)4)67-50(76)39(60)27-36-19-12-9-13-20-36/h9-17,19-24,32-35,39-43,46-48,71H,18,25-31,60H2,1-8H3,(H,61,80)(H,62,77)(H,63,81)(H,64,75)(H,65,85)(H,66,78)(H,67,76)(H,68,79)(H,69,72)(H,73,74)(H,83,84)/t34-,35+,39-,40-,41-,42-,43-,46-,47-,48-/m0/s1. The molecule has 0 spiro atoms. The Morgan fingerprint density at radius 2 is 1.06 bits per heavy atom. The summed E-state index contributed by atoms with van der Waals surface area (Å²) in [4.78, 5) is 162. The van der Waals surface area contributed by atoms with E-state index in [0.29, 0.717) is 17.5 Å². The Balaban J connectivity index is 1.37. The molecule has 10 atom stereocenters. The molecule has 85 heavy (non-hydrogen) atoms. The molecule has 26 nitrogen and oxygen atoms in total. The topological polar surface area (TPSA) is 403 Å². The summed E-state index contributed by atoms with van der Waals surface area (Å²) in [5.74, 6) is -12.7. The predicted octanol–water partition coefficient (Wildman–Crippen LogP) is -1.29. The minimum atomic E-state index is -1.89. The summed E-state index contributed by atoms with van der Waals surface area (Å²) in [5, 5.41) is 52.5. The summed E-state index contributed by atoms with van der Waals surface area (Å²) in [5.41, 5.74) is 6.50. The van der Waals surface area contributed by atoms with Crippen LogP contribution in [0.5, 0.6) is 0 Å². The number of carbonyl (C=O) groups is 12. The van der Waals surface area contributed by atoms with Gasteiger partial charge in [0.05, 0.1) is 25.1 Å². The maximum absolute atomic E-state index is 14.0. The van der Waals surface area contributed by atoms with E-state index in [2.05, 4.69) is 47.9 Å². The van der Waals surface area contributed by atoms with E-state index in [9.17, 15) is 72.9 Å². The van der Waals surface area contributed by atoms with Crippen molar-refractivity contribution in [1.29, 1.82) is 0 Å². The average molecular weight is 1180 g/mol. The average Bonchev–Trinajstić information content (AvgIpc) is 3.60. The highest BCUT2D eigenvalue weighted by Crippen LogP contribution is 2.22. The Bertz CT molecular complexity index is 2840. The highest BCUT2D eigenvalue weighted by molar-refractivity contribution is 6.00. The molecule has 0 bridgehead atoms. The first-order chi connectivity index (χ1) is 40.0. The second-order valence-corrected chi connectivity index (χ2v) is 22.3.